The molecule has 0 spiro atoms. The van der Waals surface area contributed by atoms with Gasteiger partial charge in [-0.3, -0.25) is 0 Å². The Morgan fingerprint density at radius 1 is 0.467 bits per heavy atom. The van der Waals surface area contributed by atoms with E-state index in [2.05, 4.69) is 0 Å². The van der Waals surface area contributed by atoms with Gasteiger partial charge in [0.15, 0.2) is 0 Å². The largest absolute Gasteiger partial charge is 0.432 e. The van der Waals surface area contributed by atoms with Crippen molar-refractivity contribution in [2.45, 2.75) is 18.5 Å². The fourth-order valence-corrected chi connectivity index (χ4v) is 0.717. The van der Waals surface area contributed by atoms with Crippen molar-refractivity contribution in [2.75, 3.05) is 0 Å². The van der Waals surface area contributed by atoms with Crippen molar-refractivity contribution in [2.24, 2.45) is 0 Å². The van der Waals surface area contributed by atoms with E-state index in [0.717, 1.165) is 0 Å². The van der Waals surface area contributed by atoms with E-state index in [-0.39, 0.29) is 0 Å². The molecule has 1 aliphatic rings. The Bertz CT molecular complexity index is 205. The highest BCUT2D eigenvalue weighted by Gasteiger charge is 2.78. The summed E-state index contributed by atoms with van der Waals surface area (Å²) in [6.45, 7) is 0. The molecule has 1 saturated heterocycles. The van der Waals surface area contributed by atoms with Crippen LogP contribution in [0, 0.1) is 0 Å². The lowest BCUT2D eigenvalue weighted by molar-refractivity contribution is -0.598. The van der Waals surface area contributed by atoms with Gasteiger partial charge < -0.3 is 0 Å². The first kappa shape index (κ1) is 12.3. The molecule has 1 heterocycles. The molecule has 0 aromatic heterocycles. The summed E-state index contributed by atoms with van der Waals surface area (Å²) in [4.78, 5) is 0. The minimum absolute atomic E-state index is 2.97. The molecule has 1 aliphatic heterocycles. The Labute approximate surface area is 75.0 Å². The molecule has 0 saturated carbocycles. The summed E-state index contributed by atoms with van der Waals surface area (Å²) in [5.41, 5.74) is 0. The van der Waals surface area contributed by atoms with Gasteiger partial charge in [-0.25, -0.2) is 0 Å². The van der Waals surface area contributed by atoms with E-state index < -0.39 is 33.9 Å². The minimum Gasteiger partial charge on any atom is -0.166 e. The van der Waals surface area contributed by atoms with E-state index in [0.29, 0.717) is 0 Å². The molecule has 90 valence electrons. The van der Waals surface area contributed by atoms with Gasteiger partial charge in [-0.1, -0.05) is 0 Å². The summed E-state index contributed by atoms with van der Waals surface area (Å²) in [7, 11) is 0. The summed E-state index contributed by atoms with van der Waals surface area (Å²) in [6.07, 6.45) is -18.0. The lowest BCUT2D eigenvalue weighted by atomic mass is 10.6. The number of halogens is 9. The van der Waals surface area contributed by atoms with Crippen molar-refractivity contribution in [3.63, 3.8) is 0 Å². The maximum atomic E-state index is 12.1. The van der Waals surface area contributed by atoms with Crippen molar-refractivity contribution in [1.29, 1.82) is 0 Å². The Morgan fingerprint density at radius 2 is 0.600 bits per heavy atom. The second-order valence-electron chi connectivity index (χ2n) is 2.37. The number of rotatable bonds is 0. The molecule has 12 heteroatoms. The lowest BCUT2D eigenvalue weighted by Crippen LogP contribution is -2.74. The highest BCUT2D eigenvalue weighted by Crippen LogP contribution is 2.50. The summed E-state index contributed by atoms with van der Waals surface area (Å²) < 4.78 is 109. The van der Waals surface area contributed by atoms with Crippen molar-refractivity contribution < 1.29 is 39.8 Å². The molecule has 15 heavy (non-hydrogen) atoms. The fraction of sp³-hybridized carbons (Fsp3) is 1.00. The van der Waals surface area contributed by atoms with Gasteiger partial charge >= 0.3 is 18.5 Å². The van der Waals surface area contributed by atoms with E-state index >= 15 is 0 Å². The monoisotopic (exact) mass is 249 g/mol. The Hall–Kier alpha value is -0.750. The third-order valence-electron chi connectivity index (χ3n) is 1.42. The van der Waals surface area contributed by atoms with Crippen LogP contribution in [0.2, 0.25) is 0 Å². The van der Waals surface area contributed by atoms with Crippen LogP contribution in [0.25, 0.3) is 0 Å². The number of nitrogens with zero attached hydrogens (tertiary/aromatic N) is 3. The fourth-order valence-electron chi connectivity index (χ4n) is 0.717. The smallest absolute Gasteiger partial charge is 0.166 e. The summed E-state index contributed by atoms with van der Waals surface area (Å²) >= 11 is 0. The second kappa shape index (κ2) is 2.89. The Morgan fingerprint density at radius 3 is 0.733 bits per heavy atom. The van der Waals surface area contributed by atoms with E-state index in [1.54, 1.807) is 0 Å². The topological polar surface area (TPSA) is 9.72 Å². The third kappa shape index (κ3) is 1.35. The zero-order chi connectivity index (χ0) is 12.2. The summed E-state index contributed by atoms with van der Waals surface area (Å²) in [5, 5.41) is -8.92. The van der Waals surface area contributed by atoms with Gasteiger partial charge in [0.2, 0.25) is 0 Å². The standard InChI is InChI=1S/C3F9N3/c4-1(5)13(10)2(6,7)15(12)3(8,9)14(1)11. The van der Waals surface area contributed by atoms with E-state index in [1.165, 1.54) is 0 Å². The van der Waals surface area contributed by atoms with Crippen LogP contribution in [0.5, 0.6) is 0 Å². The van der Waals surface area contributed by atoms with E-state index in [9.17, 15) is 39.8 Å². The molecule has 3 nitrogen and oxygen atoms in total. The summed E-state index contributed by atoms with van der Waals surface area (Å²) in [6, 6.07) is 0. The molecule has 0 unspecified atom stereocenters. The average molecular weight is 249 g/mol. The molecule has 0 aromatic rings. The predicted molar refractivity (Wildman–Crippen MR) is 23.7 cm³/mol. The highest BCUT2D eigenvalue weighted by atomic mass is 19.4. The highest BCUT2D eigenvalue weighted by molar-refractivity contribution is 4.78. The van der Waals surface area contributed by atoms with E-state index in [1.807, 2.05) is 0 Å². The average Bonchev–Trinajstić information content (AvgIpc) is 2.12. The summed E-state index contributed by atoms with van der Waals surface area (Å²) in [5.74, 6) is 0. The van der Waals surface area contributed by atoms with Crippen LogP contribution in [-0.2, 0) is 0 Å². The van der Waals surface area contributed by atoms with Gasteiger partial charge in [0.05, 0.1) is 0 Å². The van der Waals surface area contributed by atoms with Crippen molar-refractivity contribution in [1.82, 2.24) is 15.4 Å². The van der Waals surface area contributed by atoms with Crippen LogP contribution >= 0.6 is 0 Å². The predicted octanol–water partition coefficient (Wildman–Crippen LogP) is 2.21. The first-order chi connectivity index (χ1) is 6.46. The number of hydrogen-bond donors (Lipinski definition) is 0. The van der Waals surface area contributed by atoms with Crippen LogP contribution in [-0.4, -0.2) is 33.9 Å². The Balaban J connectivity index is 3.24. The zero-order valence-electron chi connectivity index (χ0n) is 6.24. The first-order valence-corrected chi connectivity index (χ1v) is 2.98. The molecule has 0 amide bonds. The zero-order valence-corrected chi connectivity index (χ0v) is 6.24. The number of hydrogen-bond acceptors (Lipinski definition) is 3. The molecule has 0 radical (unpaired) electrons. The second-order valence-corrected chi connectivity index (χ2v) is 2.37. The van der Waals surface area contributed by atoms with Crippen LogP contribution < -0.4 is 0 Å². The van der Waals surface area contributed by atoms with Gasteiger partial charge in [0.25, 0.3) is 0 Å². The normalized spacial score (nSPS) is 31.8. The molecule has 0 aliphatic carbocycles. The van der Waals surface area contributed by atoms with Gasteiger partial charge in [-0.15, -0.1) is 13.4 Å². The van der Waals surface area contributed by atoms with Crippen LogP contribution in [0.15, 0.2) is 0 Å². The maximum Gasteiger partial charge on any atom is 0.432 e. The quantitative estimate of drug-likeness (QED) is 0.370. The van der Waals surface area contributed by atoms with Crippen LogP contribution in [0.4, 0.5) is 39.8 Å². The molecular formula is C3F9N3. The van der Waals surface area contributed by atoms with Crippen molar-refractivity contribution >= 4 is 0 Å². The van der Waals surface area contributed by atoms with E-state index in [4.69, 9.17) is 0 Å². The molecule has 1 fully saturated rings. The SMILES string of the molecule is FN1C(F)(F)N(F)C(F)(F)N(F)C1(F)F. The van der Waals surface area contributed by atoms with Gasteiger partial charge in [-0.05, 0) is 0 Å². The molecule has 1 rings (SSSR count). The maximum absolute atomic E-state index is 12.1. The Kier molecular flexibility index (Phi) is 2.37. The molecule has 0 N–H and O–H groups in total. The molecule has 0 aromatic carbocycles. The van der Waals surface area contributed by atoms with Crippen molar-refractivity contribution in [3.8, 4) is 0 Å². The molecular weight excluding hydrogens is 249 g/mol. The van der Waals surface area contributed by atoms with Gasteiger partial charge in [0.1, 0.15) is 0 Å². The lowest BCUT2D eigenvalue weighted by Gasteiger charge is -2.43. The van der Waals surface area contributed by atoms with Crippen molar-refractivity contribution in [3.05, 3.63) is 0 Å². The van der Waals surface area contributed by atoms with Gasteiger partial charge in [-0.2, -0.15) is 26.3 Å². The van der Waals surface area contributed by atoms with Gasteiger partial charge in [0, 0.05) is 15.4 Å². The van der Waals surface area contributed by atoms with Crippen LogP contribution in [0.1, 0.15) is 0 Å². The first-order valence-electron chi connectivity index (χ1n) is 2.98. The third-order valence-corrected chi connectivity index (χ3v) is 1.42. The molecule has 0 bridgehead atoms. The molecule has 0 atom stereocenters. The number of alkyl halides is 6. The van der Waals surface area contributed by atoms with Crippen LogP contribution in [0.3, 0.4) is 0 Å². The minimum atomic E-state index is -6.00.